The second kappa shape index (κ2) is 12.1. The predicted molar refractivity (Wildman–Crippen MR) is 166 cm³/mol. The summed E-state index contributed by atoms with van der Waals surface area (Å²) < 4.78 is 28.8. The smallest absolute Gasteiger partial charge is 0.304 e. The molecule has 1 saturated heterocycles. The van der Waals surface area contributed by atoms with Gasteiger partial charge in [-0.15, -0.1) is 11.3 Å². The summed E-state index contributed by atoms with van der Waals surface area (Å²) in [5.41, 5.74) is 0.477. The van der Waals surface area contributed by atoms with Crippen LogP contribution in [0.1, 0.15) is 55.7 Å². The predicted octanol–water partition coefficient (Wildman–Crippen LogP) is 7.35. The van der Waals surface area contributed by atoms with Crippen LogP contribution in [0.25, 0.3) is 0 Å². The monoisotopic (exact) mass is 668 g/mol. The number of likely N-dealkylation sites (tertiary alicyclic amines) is 1. The Kier molecular flexibility index (Phi) is 9.01. The van der Waals surface area contributed by atoms with Crippen LogP contribution in [0, 0.1) is 11.3 Å². The van der Waals surface area contributed by atoms with Crippen molar-refractivity contribution in [3.8, 4) is 0 Å². The molecular weight excluding hydrogens is 639 g/mol. The van der Waals surface area contributed by atoms with E-state index >= 15 is 0 Å². The molecule has 5 rings (SSSR count). The maximum Gasteiger partial charge on any atom is 0.304 e. The lowest BCUT2D eigenvalue weighted by atomic mass is 9.67. The van der Waals surface area contributed by atoms with Crippen LogP contribution in [-0.2, 0) is 19.6 Å². The van der Waals surface area contributed by atoms with E-state index in [0.29, 0.717) is 14.4 Å². The van der Waals surface area contributed by atoms with Gasteiger partial charge in [0, 0.05) is 35.6 Å². The fourth-order valence-electron chi connectivity index (χ4n) is 6.14. The van der Waals surface area contributed by atoms with Crippen molar-refractivity contribution >= 4 is 68.0 Å². The molecule has 4 atom stereocenters. The van der Waals surface area contributed by atoms with Gasteiger partial charge in [-0.2, -0.15) is 4.31 Å². The Bertz CT molecular complexity index is 1590. The molecule has 2 heterocycles. The van der Waals surface area contributed by atoms with Crippen LogP contribution in [0.5, 0.6) is 0 Å². The van der Waals surface area contributed by atoms with E-state index in [2.05, 4.69) is 0 Å². The van der Waals surface area contributed by atoms with E-state index < -0.39 is 33.5 Å². The first-order valence-electron chi connectivity index (χ1n) is 13.6. The number of amides is 1. The number of thiophene rings is 1. The van der Waals surface area contributed by atoms with Crippen molar-refractivity contribution < 1.29 is 23.1 Å². The number of carbonyl (C=O) groups is 2. The average Bonchev–Trinajstić information content (AvgIpc) is 3.67. The summed E-state index contributed by atoms with van der Waals surface area (Å²) in [5, 5.41) is 11.0. The minimum atomic E-state index is -3.88. The number of rotatable bonds is 10. The molecule has 3 aromatic rings. The van der Waals surface area contributed by atoms with Crippen LogP contribution >= 0.6 is 46.1 Å². The van der Waals surface area contributed by atoms with Gasteiger partial charge in [0.05, 0.1) is 22.2 Å². The number of carbonyl (C=O) groups excluding carboxylic acids is 1. The van der Waals surface area contributed by atoms with Crippen molar-refractivity contribution in [2.75, 3.05) is 13.6 Å². The largest absolute Gasteiger partial charge is 0.481 e. The maximum atomic E-state index is 14.6. The van der Waals surface area contributed by atoms with Crippen molar-refractivity contribution in [3.05, 3.63) is 86.2 Å². The first-order chi connectivity index (χ1) is 19.8. The molecule has 2 fully saturated rings. The summed E-state index contributed by atoms with van der Waals surface area (Å²) >= 11 is 19.7. The summed E-state index contributed by atoms with van der Waals surface area (Å²) in [6.07, 6.45) is 1.59. The minimum Gasteiger partial charge on any atom is -0.481 e. The van der Waals surface area contributed by atoms with Gasteiger partial charge in [0.15, 0.2) is 0 Å². The van der Waals surface area contributed by atoms with Crippen LogP contribution in [0.15, 0.2) is 64.9 Å². The number of piperidine rings is 1. The third kappa shape index (κ3) is 6.37. The van der Waals surface area contributed by atoms with Gasteiger partial charge in [-0.25, -0.2) is 8.42 Å². The Morgan fingerprint density at radius 3 is 2.33 bits per heavy atom. The number of benzene rings is 2. The van der Waals surface area contributed by atoms with E-state index in [4.69, 9.17) is 34.8 Å². The number of carboxylic acids is 1. The third-order valence-corrected chi connectivity index (χ3v) is 12.3. The first kappa shape index (κ1) is 31.3. The fourth-order valence-corrected chi connectivity index (χ4v) is 9.35. The Morgan fingerprint density at radius 1 is 1.07 bits per heavy atom. The Hall–Kier alpha value is -2.14. The van der Waals surface area contributed by atoms with E-state index in [0.717, 1.165) is 35.3 Å². The number of aliphatic carboxylic acids is 1. The highest BCUT2D eigenvalue weighted by Crippen LogP contribution is 2.54. The number of likely N-dealkylation sites (N-methyl/N-ethyl adjacent to an activating group) is 1. The molecule has 0 bridgehead atoms. The quantitative estimate of drug-likeness (QED) is 0.244. The molecule has 42 heavy (non-hydrogen) atoms. The van der Waals surface area contributed by atoms with Crippen LogP contribution in [0.3, 0.4) is 0 Å². The molecule has 0 radical (unpaired) electrons. The van der Waals surface area contributed by atoms with Crippen LogP contribution in [-0.4, -0.2) is 54.2 Å². The molecular formula is C30H31Cl3N2O5S2. The average molecular weight is 670 g/mol. The molecule has 224 valence electrons. The third-order valence-electron chi connectivity index (χ3n) is 8.31. The first-order valence-corrected chi connectivity index (χ1v) is 17.0. The zero-order valence-electron chi connectivity index (χ0n) is 23.0. The van der Waals surface area contributed by atoms with E-state index in [-0.39, 0.29) is 41.3 Å². The molecule has 1 saturated carbocycles. The molecule has 1 N–H and O–H groups in total. The van der Waals surface area contributed by atoms with E-state index in [1.165, 1.54) is 17.4 Å². The van der Waals surface area contributed by atoms with Gasteiger partial charge in [0.25, 0.3) is 10.0 Å². The number of sulfonamides is 1. The van der Waals surface area contributed by atoms with Crippen molar-refractivity contribution in [1.29, 1.82) is 0 Å². The zero-order chi connectivity index (χ0) is 30.4. The fraction of sp³-hybridized carbons (Fsp3) is 0.400. The molecule has 12 heteroatoms. The molecule has 1 aliphatic carbocycles. The van der Waals surface area contributed by atoms with Crippen molar-refractivity contribution in [1.82, 2.24) is 9.21 Å². The number of hydrogen-bond acceptors (Lipinski definition) is 5. The lowest BCUT2D eigenvalue weighted by Crippen LogP contribution is -2.59. The second-order valence-corrected chi connectivity index (χ2v) is 16.3. The number of hydrogen-bond donors (Lipinski definition) is 1. The lowest BCUT2D eigenvalue weighted by Gasteiger charge is -2.52. The second-order valence-electron chi connectivity index (χ2n) is 11.5. The molecule has 2 aromatic carbocycles. The normalized spacial score (nSPS) is 23.8. The van der Waals surface area contributed by atoms with Crippen LogP contribution in [0.2, 0.25) is 14.4 Å². The van der Waals surface area contributed by atoms with Crippen molar-refractivity contribution in [2.45, 2.75) is 54.8 Å². The molecule has 1 aliphatic heterocycles. The van der Waals surface area contributed by atoms with Crippen LogP contribution in [0.4, 0.5) is 0 Å². The highest BCUT2D eigenvalue weighted by Gasteiger charge is 2.55. The summed E-state index contributed by atoms with van der Waals surface area (Å²) in [7, 11) is -2.37. The van der Waals surface area contributed by atoms with E-state index in [1.54, 1.807) is 36.1 Å². The summed E-state index contributed by atoms with van der Waals surface area (Å²) in [5.74, 6) is -1.63. The Labute approximate surface area is 265 Å². The SMILES string of the molecule is CN(C[C@H](C1CC1)N1C(=O)[C@@](C)(CC(=O)O)C[C@H](c2cccc(Cl)c2)C1c1ccc(Cl)cc1)S(=O)(=O)c1ccc(Cl)s1. The number of halogens is 3. The summed E-state index contributed by atoms with van der Waals surface area (Å²) in [6.45, 7) is 1.74. The topological polar surface area (TPSA) is 95.0 Å². The zero-order valence-corrected chi connectivity index (χ0v) is 26.9. The number of nitrogens with zero attached hydrogens (tertiary/aromatic N) is 2. The van der Waals surface area contributed by atoms with E-state index in [1.807, 2.05) is 30.3 Å². The van der Waals surface area contributed by atoms with Crippen LogP contribution < -0.4 is 0 Å². The van der Waals surface area contributed by atoms with Gasteiger partial charge in [-0.3, -0.25) is 9.59 Å². The molecule has 2 aliphatic rings. The number of carboxylic acid groups (broad SMARTS) is 1. The van der Waals surface area contributed by atoms with Gasteiger partial charge < -0.3 is 10.0 Å². The van der Waals surface area contributed by atoms with Gasteiger partial charge in [0.1, 0.15) is 4.21 Å². The van der Waals surface area contributed by atoms with Crippen molar-refractivity contribution in [3.63, 3.8) is 0 Å². The maximum absolute atomic E-state index is 14.6. The molecule has 1 aromatic heterocycles. The standard InChI is InChI=1S/C30H31Cl3N2O5S2/c1-30(16-26(36)37)15-23(20-4-3-5-22(32)14-20)28(19-8-10-21(31)11-9-19)35(29(30)38)24(18-6-7-18)17-34(2)42(39,40)27-13-12-25(33)41-27/h3-5,8-14,18,23-24,28H,6-7,15-17H2,1-2H3,(H,36,37)/t23-,24-,28?,30-/m1/s1. The van der Waals surface area contributed by atoms with E-state index in [9.17, 15) is 23.1 Å². The Morgan fingerprint density at radius 2 is 1.76 bits per heavy atom. The minimum absolute atomic E-state index is 0.0454. The van der Waals surface area contributed by atoms with Crippen molar-refractivity contribution in [2.24, 2.45) is 11.3 Å². The molecule has 0 spiro atoms. The summed E-state index contributed by atoms with van der Waals surface area (Å²) in [6, 6.07) is 16.7. The molecule has 1 amide bonds. The Balaban J connectivity index is 1.65. The highest BCUT2D eigenvalue weighted by atomic mass is 35.5. The van der Waals surface area contributed by atoms with Gasteiger partial charge in [-0.05, 0) is 72.7 Å². The summed E-state index contributed by atoms with van der Waals surface area (Å²) in [4.78, 5) is 28.5. The lowest BCUT2D eigenvalue weighted by molar-refractivity contribution is -0.161. The molecule has 7 nitrogen and oxygen atoms in total. The van der Waals surface area contributed by atoms with Gasteiger partial charge >= 0.3 is 5.97 Å². The highest BCUT2D eigenvalue weighted by molar-refractivity contribution is 7.91. The van der Waals surface area contributed by atoms with Gasteiger partial charge in [-0.1, -0.05) is 66.0 Å². The molecule has 1 unspecified atom stereocenters. The van der Waals surface area contributed by atoms with Gasteiger partial charge in [0.2, 0.25) is 5.91 Å².